The van der Waals surface area contributed by atoms with Crippen LogP contribution in [-0.4, -0.2) is 60.7 Å². The molecule has 0 spiro atoms. The highest BCUT2D eigenvalue weighted by Gasteiger charge is 2.45. The van der Waals surface area contributed by atoms with Crippen molar-refractivity contribution in [2.45, 2.75) is 57.7 Å². The summed E-state index contributed by atoms with van der Waals surface area (Å²) in [6.07, 6.45) is 1.63. The third-order valence-electron chi connectivity index (χ3n) is 5.56. The van der Waals surface area contributed by atoms with E-state index in [-0.39, 0.29) is 36.7 Å². The smallest absolute Gasteiger partial charge is 0.240 e. The maximum atomic E-state index is 13.2. The SMILES string of the molecule is CC(C)C[C@@H]1NC[C@H](C(=O)C2C[C@H](C(N)=O)NC(=O)[C@@H]2CCCN=C(N)N)NC1=O. The Balaban J connectivity index is 2.10. The average molecular weight is 424 g/mol. The van der Waals surface area contributed by atoms with Gasteiger partial charge in [-0.05, 0) is 31.6 Å². The van der Waals surface area contributed by atoms with Crippen molar-refractivity contribution in [3.05, 3.63) is 0 Å². The van der Waals surface area contributed by atoms with Gasteiger partial charge in [0.05, 0.1) is 6.04 Å². The lowest BCUT2D eigenvalue weighted by Crippen LogP contribution is -2.64. The van der Waals surface area contributed by atoms with Crippen LogP contribution in [0.25, 0.3) is 0 Å². The molecule has 11 nitrogen and oxygen atoms in total. The number of aliphatic imine (C=N–C) groups is 1. The van der Waals surface area contributed by atoms with Crippen LogP contribution in [0.5, 0.6) is 0 Å². The molecule has 2 fully saturated rings. The number of carbonyl (C=O) groups is 4. The molecule has 0 aromatic rings. The molecule has 2 aliphatic heterocycles. The first kappa shape index (κ1) is 23.6. The lowest BCUT2D eigenvalue weighted by Gasteiger charge is -2.38. The summed E-state index contributed by atoms with van der Waals surface area (Å²) in [5.74, 6) is -2.69. The van der Waals surface area contributed by atoms with Crippen molar-refractivity contribution in [1.82, 2.24) is 16.0 Å². The Kier molecular flexibility index (Phi) is 8.16. The third-order valence-corrected chi connectivity index (χ3v) is 5.56. The molecular weight excluding hydrogens is 390 g/mol. The van der Waals surface area contributed by atoms with Gasteiger partial charge < -0.3 is 33.2 Å². The molecule has 2 heterocycles. The number of rotatable bonds is 9. The minimum absolute atomic E-state index is 0.0449. The van der Waals surface area contributed by atoms with Crippen LogP contribution in [0.2, 0.25) is 0 Å². The fourth-order valence-electron chi connectivity index (χ4n) is 4.06. The molecule has 2 aliphatic rings. The number of nitrogens with two attached hydrogens (primary N) is 3. The summed E-state index contributed by atoms with van der Waals surface area (Å²) < 4.78 is 0. The number of guanidine groups is 1. The Labute approximate surface area is 176 Å². The summed E-state index contributed by atoms with van der Waals surface area (Å²) in [4.78, 5) is 53.8. The topological polar surface area (TPSA) is 195 Å². The first-order valence-corrected chi connectivity index (χ1v) is 10.3. The van der Waals surface area contributed by atoms with Crippen LogP contribution in [0.15, 0.2) is 4.99 Å². The highest BCUT2D eigenvalue weighted by Crippen LogP contribution is 2.29. The maximum absolute atomic E-state index is 13.2. The van der Waals surface area contributed by atoms with Crippen LogP contribution < -0.4 is 33.2 Å². The molecule has 9 N–H and O–H groups in total. The standard InChI is InChI=1S/C19H33N7O4/c1-9(2)6-13-18(30)26-14(8-24-13)15(27)11-7-12(16(20)28)25-17(29)10(11)4-3-5-23-19(21)22/h9-14,24H,3-8H2,1-2H3,(H2,20,28)(H,25,29)(H,26,30)(H4,21,22,23)/t10-,11?,12-,13+,14-/m1/s1. The lowest BCUT2D eigenvalue weighted by atomic mass is 9.75. The minimum Gasteiger partial charge on any atom is -0.370 e. The molecule has 0 aliphatic carbocycles. The predicted molar refractivity (Wildman–Crippen MR) is 111 cm³/mol. The van der Waals surface area contributed by atoms with Gasteiger partial charge in [0.2, 0.25) is 17.7 Å². The predicted octanol–water partition coefficient (Wildman–Crippen LogP) is -2.28. The molecule has 0 radical (unpaired) electrons. The van der Waals surface area contributed by atoms with Gasteiger partial charge in [0.25, 0.3) is 0 Å². The first-order chi connectivity index (χ1) is 14.1. The van der Waals surface area contributed by atoms with E-state index in [1.54, 1.807) is 0 Å². The van der Waals surface area contributed by atoms with Gasteiger partial charge in [-0.3, -0.25) is 24.2 Å². The van der Waals surface area contributed by atoms with Crippen molar-refractivity contribution in [2.75, 3.05) is 13.1 Å². The second kappa shape index (κ2) is 10.4. The Morgan fingerprint density at radius 2 is 1.77 bits per heavy atom. The second-order valence-corrected chi connectivity index (χ2v) is 8.41. The van der Waals surface area contributed by atoms with E-state index < -0.39 is 35.7 Å². The summed E-state index contributed by atoms with van der Waals surface area (Å²) in [5.41, 5.74) is 16.0. The number of piperidine rings is 1. The van der Waals surface area contributed by atoms with Gasteiger partial charge in [-0.15, -0.1) is 0 Å². The molecule has 3 amide bonds. The summed E-state index contributed by atoms with van der Waals surface area (Å²) in [6, 6.07) is -2.02. The molecule has 1 unspecified atom stereocenters. The fourth-order valence-corrected chi connectivity index (χ4v) is 4.06. The monoisotopic (exact) mass is 423 g/mol. The van der Waals surface area contributed by atoms with Gasteiger partial charge in [0.15, 0.2) is 11.7 Å². The molecule has 2 rings (SSSR count). The quantitative estimate of drug-likeness (QED) is 0.136. The van der Waals surface area contributed by atoms with Crippen molar-refractivity contribution < 1.29 is 19.2 Å². The van der Waals surface area contributed by atoms with E-state index in [2.05, 4.69) is 20.9 Å². The van der Waals surface area contributed by atoms with Crippen LogP contribution in [-0.2, 0) is 19.2 Å². The van der Waals surface area contributed by atoms with E-state index in [0.29, 0.717) is 31.7 Å². The van der Waals surface area contributed by atoms with Crippen molar-refractivity contribution in [3.8, 4) is 0 Å². The Morgan fingerprint density at radius 3 is 2.33 bits per heavy atom. The molecule has 0 aromatic carbocycles. The summed E-state index contributed by atoms with van der Waals surface area (Å²) >= 11 is 0. The van der Waals surface area contributed by atoms with Gasteiger partial charge in [-0.25, -0.2) is 0 Å². The Morgan fingerprint density at radius 1 is 1.10 bits per heavy atom. The summed E-state index contributed by atoms with van der Waals surface area (Å²) in [5, 5.41) is 8.49. The number of Topliss-reactive ketones (excluding diaryl/α,β-unsaturated/α-hetero) is 1. The van der Waals surface area contributed by atoms with Crippen molar-refractivity contribution >= 4 is 29.5 Å². The number of ketones is 1. The highest BCUT2D eigenvalue weighted by molar-refractivity contribution is 5.98. The lowest BCUT2D eigenvalue weighted by molar-refractivity contribution is -0.143. The number of nitrogens with zero attached hydrogens (tertiary/aromatic N) is 1. The van der Waals surface area contributed by atoms with Crippen LogP contribution in [0, 0.1) is 17.8 Å². The molecule has 11 heteroatoms. The van der Waals surface area contributed by atoms with E-state index >= 15 is 0 Å². The molecule has 30 heavy (non-hydrogen) atoms. The molecule has 0 saturated carbocycles. The van der Waals surface area contributed by atoms with Crippen molar-refractivity contribution in [2.24, 2.45) is 39.9 Å². The highest BCUT2D eigenvalue weighted by atomic mass is 16.2. The number of hydrogen-bond donors (Lipinski definition) is 6. The van der Waals surface area contributed by atoms with Gasteiger partial charge in [-0.1, -0.05) is 13.8 Å². The van der Waals surface area contributed by atoms with Gasteiger partial charge in [0, 0.05) is 24.9 Å². The van der Waals surface area contributed by atoms with Crippen molar-refractivity contribution in [1.29, 1.82) is 0 Å². The molecular formula is C19H33N7O4. The van der Waals surface area contributed by atoms with E-state index in [0.717, 1.165) is 0 Å². The molecule has 2 saturated heterocycles. The number of amides is 3. The molecule has 5 atom stereocenters. The molecule has 0 bridgehead atoms. The van der Waals surface area contributed by atoms with Gasteiger partial charge >= 0.3 is 0 Å². The van der Waals surface area contributed by atoms with Crippen LogP contribution >= 0.6 is 0 Å². The largest absolute Gasteiger partial charge is 0.370 e. The number of piperazine rings is 1. The van der Waals surface area contributed by atoms with Crippen LogP contribution in [0.1, 0.15) is 39.5 Å². The summed E-state index contributed by atoms with van der Waals surface area (Å²) in [7, 11) is 0. The van der Waals surface area contributed by atoms with Crippen molar-refractivity contribution in [3.63, 3.8) is 0 Å². The van der Waals surface area contributed by atoms with E-state index in [9.17, 15) is 19.2 Å². The maximum Gasteiger partial charge on any atom is 0.240 e. The zero-order valence-corrected chi connectivity index (χ0v) is 17.5. The van der Waals surface area contributed by atoms with Gasteiger partial charge in [0.1, 0.15) is 12.1 Å². The molecule has 168 valence electrons. The normalized spacial score (nSPS) is 29.1. The van der Waals surface area contributed by atoms with Crippen LogP contribution in [0.4, 0.5) is 0 Å². The van der Waals surface area contributed by atoms with E-state index in [4.69, 9.17) is 17.2 Å². The van der Waals surface area contributed by atoms with Gasteiger partial charge in [-0.2, -0.15) is 0 Å². The summed E-state index contributed by atoms with van der Waals surface area (Å²) in [6.45, 7) is 4.64. The number of hydrogen-bond acceptors (Lipinski definition) is 6. The zero-order valence-electron chi connectivity index (χ0n) is 17.5. The molecule has 0 aromatic heterocycles. The second-order valence-electron chi connectivity index (χ2n) is 8.41. The number of primary amides is 1. The zero-order chi connectivity index (χ0) is 22.4. The van der Waals surface area contributed by atoms with E-state index in [1.807, 2.05) is 13.8 Å². The average Bonchev–Trinajstić information content (AvgIpc) is 2.66. The third kappa shape index (κ3) is 6.15. The van der Waals surface area contributed by atoms with Crippen LogP contribution in [0.3, 0.4) is 0 Å². The Hall–Kier alpha value is -2.69. The Bertz CT molecular complexity index is 705. The first-order valence-electron chi connectivity index (χ1n) is 10.3. The fraction of sp³-hybridized carbons (Fsp3) is 0.737. The van der Waals surface area contributed by atoms with E-state index in [1.165, 1.54) is 0 Å². The number of nitrogens with one attached hydrogen (secondary N) is 3. The minimum atomic E-state index is -0.915. The number of carbonyl (C=O) groups excluding carboxylic acids is 4.